The first-order chi connectivity index (χ1) is 8.22. The summed E-state index contributed by atoms with van der Waals surface area (Å²) in [5.41, 5.74) is 0. The lowest BCUT2D eigenvalue weighted by Crippen LogP contribution is -2.48. The van der Waals surface area contributed by atoms with Crippen molar-refractivity contribution in [2.24, 2.45) is 0 Å². The highest BCUT2D eigenvalue weighted by Gasteiger charge is 2.36. The largest absolute Gasteiger partial charge is 0.455 e. The minimum atomic E-state index is -0.487. The van der Waals surface area contributed by atoms with E-state index in [1.54, 1.807) is 0 Å². The summed E-state index contributed by atoms with van der Waals surface area (Å²) >= 11 is 0. The van der Waals surface area contributed by atoms with Crippen LogP contribution in [-0.4, -0.2) is 36.0 Å². The molecule has 0 radical (unpaired) electrons. The highest BCUT2D eigenvalue weighted by atomic mass is 16.6. The summed E-state index contributed by atoms with van der Waals surface area (Å²) in [6.07, 6.45) is 4.90. The third kappa shape index (κ3) is 4.28. The molecule has 0 aromatic carbocycles. The van der Waals surface area contributed by atoms with Gasteiger partial charge in [0.15, 0.2) is 12.2 Å². The highest BCUT2D eigenvalue weighted by molar-refractivity contribution is 5.75. The van der Waals surface area contributed by atoms with Gasteiger partial charge in [-0.05, 0) is 12.8 Å². The van der Waals surface area contributed by atoms with Gasteiger partial charge in [-0.3, -0.25) is 0 Å². The molecule has 0 unspecified atom stereocenters. The second-order valence-corrected chi connectivity index (χ2v) is 4.58. The third-order valence-electron chi connectivity index (χ3n) is 3.19. The fourth-order valence-electron chi connectivity index (χ4n) is 2.11. The van der Waals surface area contributed by atoms with E-state index in [1.807, 2.05) is 6.92 Å². The Morgan fingerprint density at radius 3 is 2.53 bits per heavy atom. The molecule has 1 aliphatic rings. The summed E-state index contributed by atoms with van der Waals surface area (Å²) in [7, 11) is 0. The number of ether oxygens (including phenoxy) is 2. The van der Waals surface area contributed by atoms with Crippen LogP contribution in [0.25, 0.3) is 0 Å². The van der Waals surface area contributed by atoms with E-state index in [4.69, 9.17) is 14.6 Å². The van der Waals surface area contributed by atoms with Crippen molar-refractivity contribution in [3.63, 3.8) is 0 Å². The SMILES string of the molecule is CCCCCC[C@@H]1O[C@H](CC)[C@@H](CO)OC1=O. The molecule has 1 N–H and O–H groups in total. The number of carbonyl (C=O) groups is 1. The van der Waals surface area contributed by atoms with Crippen LogP contribution >= 0.6 is 0 Å². The van der Waals surface area contributed by atoms with Gasteiger partial charge in [-0.15, -0.1) is 0 Å². The van der Waals surface area contributed by atoms with Crippen molar-refractivity contribution in [2.45, 2.75) is 70.7 Å². The van der Waals surface area contributed by atoms with Crippen LogP contribution in [0.1, 0.15) is 52.4 Å². The normalized spacial score (nSPS) is 29.1. The fourth-order valence-corrected chi connectivity index (χ4v) is 2.11. The number of aliphatic hydroxyl groups is 1. The molecule has 1 saturated heterocycles. The molecule has 3 atom stereocenters. The third-order valence-corrected chi connectivity index (χ3v) is 3.19. The topological polar surface area (TPSA) is 55.8 Å². The lowest BCUT2D eigenvalue weighted by molar-refractivity contribution is -0.205. The summed E-state index contributed by atoms with van der Waals surface area (Å²) in [5.74, 6) is -0.315. The van der Waals surface area contributed by atoms with Gasteiger partial charge in [-0.2, -0.15) is 0 Å². The average Bonchev–Trinajstić information content (AvgIpc) is 2.35. The van der Waals surface area contributed by atoms with Crippen molar-refractivity contribution >= 4 is 5.97 Å². The second kappa shape index (κ2) is 7.67. The van der Waals surface area contributed by atoms with Crippen molar-refractivity contribution < 1.29 is 19.4 Å². The molecule has 0 bridgehead atoms. The van der Waals surface area contributed by atoms with E-state index in [2.05, 4.69) is 6.92 Å². The minimum absolute atomic E-state index is 0.158. The summed E-state index contributed by atoms with van der Waals surface area (Å²) in [4.78, 5) is 11.6. The zero-order chi connectivity index (χ0) is 12.7. The van der Waals surface area contributed by atoms with Gasteiger partial charge in [0.25, 0.3) is 0 Å². The maximum Gasteiger partial charge on any atom is 0.335 e. The van der Waals surface area contributed by atoms with Gasteiger partial charge in [0.2, 0.25) is 0 Å². The molecule has 0 amide bonds. The molecule has 1 aliphatic heterocycles. The first-order valence-electron chi connectivity index (χ1n) is 6.69. The van der Waals surface area contributed by atoms with Gasteiger partial charge in [0.1, 0.15) is 0 Å². The Balaban J connectivity index is 2.37. The molecule has 0 aromatic heterocycles. The number of cyclic esters (lactones) is 1. The van der Waals surface area contributed by atoms with Gasteiger partial charge in [-0.1, -0.05) is 39.5 Å². The molecule has 4 heteroatoms. The Morgan fingerprint density at radius 2 is 1.94 bits per heavy atom. The molecule has 1 rings (SSSR count). The molecule has 17 heavy (non-hydrogen) atoms. The van der Waals surface area contributed by atoms with E-state index in [1.165, 1.54) is 12.8 Å². The van der Waals surface area contributed by atoms with Crippen LogP contribution < -0.4 is 0 Å². The summed E-state index contributed by atoms with van der Waals surface area (Å²) < 4.78 is 10.9. The van der Waals surface area contributed by atoms with Crippen molar-refractivity contribution in [1.82, 2.24) is 0 Å². The van der Waals surface area contributed by atoms with E-state index < -0.39 is 12.2 Å². The summed E-state index contributed by atoms with van der Waals surface area (Å²) in [6.45, 7) is 3.97. The Kier molecular flexibility index (Phi) is 6.52. The second-order valence-electron chi connectivity index (χ2n) is 4.58. The van der Waals surface area contributed by atoms with Crippen LogP contribution in [0, 0.1) is 0 Å². The molecule has 0 saturated carbocycles. The first kappa shape index (κ1) is 14.5. The molecular formula is C13H24O4. The van der Waals surface area contributed by atoms with Gasteiger partial charge >= 0.3 is 5.97 Å². The van der Waals surface area contributed by atoms with Crippen LogP contribution in [-0.2, 0) is 14.3 Å². The molecule has 1 fully saturated rings. The predicted molar refractivity (Wildman–Crippen MR) is 64.7 cm³/mol. The average molecular weight is 244 g/mol. The molecule has 0 aromatic rings. The minimum Gasteiger partial charge on any atom is -0.455 e. The smallest absolute Gasteiger partial charge is 0.335 e. The van der Waals surface area contributed by atoms with E-state index in [9.17, 15) is 4.79 Å². The van der Waals surface area contributed by atoms with Crippen LogP contribution in [0.3, 0.4) is 0 Å². The van der Waals surface area contributed by atoms with Crippen molar-refractivity contribution in [3.05, 3.63) is 0 Å². The molecule has 1 heterocycles. The van der Waals surface area contributed by atoms with Gasteiger partial charge in [0, 0.05) is 0 Å². The number of aliphatic hydroxyl groups excluding tert-OH is 1. The van der Waals surface area contributed by atoms with Crippen molar-refractivity contribution in [1.29, 1.82) is 0 Å². The van der Waals surface area contributed by atoms with Crippen molar-refractivity contribution in [3.8, 4) is 0 Å². The Hall–Kier alpha value is -0.610. The fraction of sp³-hybridized carbons (Fsp3) is 0.923. The Labute approximate surface area is 103 Å². The van der Waals surface area contributed by atoms with Crippen LogP contribution in [0.2, 0.25) is 0 Å². The molecule has 0 spiro atoms. The maximum atomic E-state index is 11.6. The van der Waals surface area contributed by atoms with E-state index >= 15 is 0 Å². The molecule has 0 aliphatic carbocycles. The van der Waals surface area contributed by atoms with Crippen LogP contribution in [0.5, 0.6) is 0 Å². The number of unbranched alkanes of at least 4 members (excludes halogenated alkanes) is 3. The molecular weight excluding hydrogens is 220 g/mol. The van der Waals surface area contributed by atoms with Gasteiger partial charge in [0.05, 0.1) is 12.7 Å². The Morgan fingerprint density at radius 1 is 1.18 bits per heavy atom. The summed E-state index contributed by atoms with van der Waals surface area (Å²) in [5, 5.41) is 9.09. The molecule has 100 valence electrons. The number of hydrogen-bond donors (Lipinski definition) is 1. The zero-order valence-electron chi connectivity index (χ0n) is 10.9. The maximum absolute atomic E-state index is 11.6. The van der Waals surface area contributed by atoms with Gasteiger partial charge in [-0.25, -0.2) is 4.79 Å². The Bertz CT molecular complexity index is 229. The van der Waals surface area contributed by atoms with Gasteiger partial charge < -0.3 is 14.6 Å². The standard InChI is InChI=1S/C13H24O4/c1-3-5-6-7-8-11-13(15)17-12(9-14)10(4-2)16-11/h10-12,14H,3-9H2,1-2H3/t10-,11+,12-/m1/s1. The number of carbonyl (C=O) groups excluding carboxylic acids is 1. The summed E-state index contributed by atoms with van der Waals surface area (Å²) in [6, 6.07) is 0. The first-order valence-corrected chi connectivity index (χ1v) is 6.69. The lowest BCUT2D eigenvalue weighted by atomic mass is 10.1. The van der Waals surface area contributed by atoms with Crippen molar-refractivity contribution in [2.75, 3.05) is 6.61 Å². The number of esters is 1. The zero-order valence-corrected chi connectivity index (χ0v) is 10.9. The molecule has 4 nitrogen and oxygen atoms in total. The quantitative estimate of drug-likeness (QED) is 0.550. The number of hydrogen-bond acceptors (Lipinski definition) is 4. The van der Waals surface area contributed by atoms with E-state index in [0.29, 0.717) is 0 Å². The lowest BCUT2D eigenvalue weighted by Gasteiger charge is -2.34. The van der Waals surface area contributed by atoms with Crippen LogP contribution in [0.4, 0.5) is 0 Å². The highest BCUT2D eigenvalue weighted by Crippen LogP contribution is 2.22. The number of rotatable bonds is 7. The van der Waals surface area contributed by atoms with E-state index in [-0.39, 0.29) is 18.7 Å². The van der Waals surface area contributed by atoms with E-state index in [0.717, 1.165) is 25.7 Å². The van der Waals surface area contributed by atoms with Crippen LogP contribution in [0.15, 0.2) is 0 Å². The monoisotopic (exact) mass is 244 g/mol. The predicted octanol–water partition coefficient (Wildman–Crippen LogP) is 2.04.